The molecule has 8 atom stereocenters. The number of rotatable bonds is 41. The fourth-order valence-corrected chi connectivity index (χ4v) is 9.72. The number of methoxy groups -OCH3 is 2. The zero-order valence-electron chi connectivity index (χ0n) is 51.7. The Balaban J connectivity index is 1.43. The molecule has 1 aromatic rings. The van der Waals surface area contributed by atoms with Crippen LogP contribution in [0.1, 0.15) is 107 Å². The van der Waals surface area contributed by atoms with Crippen LogP contribution < -0.4 is 16.0 Å². The molecule has 0 radical (unpaired) electrons. The summed E-state index contributed by atoms with van der Waals surface area (Å²) in [5, 5.41) is 8.58. The normalized spacial score (nSPS) is 17.2. The molecule has 7 amide bonds. The van der Waals surface area contributed by atoms with E-state index in [-0.39, 0.29) is 87.7 Å². The van der Waals surface area contributed by atoms with Gasteiger partial charge in [-0.2, -0.15) is 0 Å². The van der Waals surface area contributed by atoms with Gasteiger partial charge in [0, 0.05) is 52.8 Å². The number of likely N-dealkylation sites (N-methyl/N-ethyl adjacent to an activating group) is 1. The quantitative estimate of drug-likeness (QED) is 0.0482. The van der Waals surface area contributed by atoms with E-state index >= 15 is 0 Å². The summed E-state index contributed by atoms with van der Waals surface area (Å²) in [6.07, 6.45) is 3.03. The van der Waals surface area contributed by atoms with Crippen LogP contribution in [0.2, 0.25) is 0 Å². The molecule has 3 rings (SSSR count). The lowest BCUT2D eigenvalue weighted by Gasteiger charge is -2.41. The van der Waals surface area contributed by atoms with E-state index in [2.05, 4.69) is 16.0 Å². The SMILES string of the molecule is CC[C@H](C)[C@@H](C(CC(=O)N1CCC[C@H]1[C@H](OC)[C@@H](C)C(=O)N[C@@H](Cc1ccccc1)C(=O)OC(C)(C)C)OC)N(C)C(=O)[C@@H](NC(=O)C(C)(C)NC(=O)CCOCCOCCOCCOCCOCCOCCN1C(=O)C=CC1=O)C(C)C. The Morgan fingerprint density at radius 2 is 1.25 bits per heavy atom. The summed E-state index contributed by atoms with van der Waals surface area (Å²) in [6, 6.07) is 6.35. The summed E-state index contributed by atoms with van der Waals surface area (Å²) >= 11 is 0. The number of amides is 7. The summed E-state index contributed by atoms with van der Waals surface area (Å²) in [5.74, 6) is -4.50. The number of nitrogens with zero attached hydrogens (tertiary/aromatic N) is 3. The summed E-state index contributed by atoms with van der Waals surface area (Å²) in [6.45, 7) is 22.1. The average molecular weight is 1180 g/mol. The lowest BCUT2D eigenvalue weighted by atomic mass is 9.89. The molecule has 1 saturated heterocycles. The lowest BCUT2D eigenvalue weighted by Crippen LogP contribution is -2.62. The minimum absolute atomic E-state index is 0.0188. The van der Waals surface area contributed by atoms with E-state index in [0.717, 1.165) is 10.5 Å². The van der Waals surface area contributed by atoms with Gasteiger partial charge in [-0.05, 0) is 64.9 Å². The maximum atomic E-state index is 14.6. The van der Waals surface area contributed by atoms with Gasteiger partial charge >= 0.3 is 5.97 Å². The highest BCUT2D eigenvalue weighted by Crippen LogP contribution is 2.30. The second kappa shape index (κ2) is 37.1. The van der Waals surface area contributed by atoms with Gasteiger partial charge in [-0.25, -0.2) is 4.79 Å². The predicted octanol–water partition coefficient (Wildman–Crippen LogP) is 3.43. The second-order valence-corrected chi connectivity index (χ2v) is 22.8. The molecule has 1 aromatic carbocycles. The molecule has 0 aliphatic carbocycles. The largest absolute Gasteiger partial charge is 0.458 e. The third kappa shape index (κ3) is 25.0. The van der Waals surface area contributed by atoms with Crippen LogP contribution in [0, 0.1) is 17.8 Å². The van der Waals surface area contributed by atoms with Crippen LogP contribution in [0.15, 0.2) is 42.5 Å². The molecule has 23 heteroatoms. The maximum Gasteiger partial charge on any atom is 0.329 e. The zero-order chi connectivity index (χ0) is 61.7. The molecular weight excluding hydrogens is 1080 g/mol. The Bertz CT molecular complexity index is 2190. The topological polar surface area (TPSA) is 265 Å². The first-order valence-corrected chi connectivity index (χ1v) is 29.2. The first-order chi connectivity index (χ1) is 39.4. The number of hydrogen-bond donors (Lipinski definition) is 3. The Hall–Kier alpha value is -5.40. The van der Waals surface area contributed by atoms with Crippen molar-refractivity contribution in [1.82, 2.24) is 30.7 Å². The van der Waals surface area contributed by atoms with Crippen LogP contribution in [0.3, 0.4) is 0 Å². The number of likely N-dealkylation sites (tertiary alicyclic amines) is 1. The fourth-order valence-electron chi connectivity index (χ4n) is 9.72. The van der Waals surface area contributed by atoms with Crippen molar-refractivity contribution in [1.29, 1.82) is 0 Å². The van der Waals surface area contributed by atoms with Gasteiger partial charge in [-0.1, -0.05) is 71.4 Å². The van der Waals surface area contributed by atoms with Crippen LogP contribution in [-0.4, -0.2) is 223 Å². The highest BCUT2D eigenvalue weighted by molar-refractivity contribution is 6.12. The van der Waals surface area contributed by atoms with E-state index in [9.17, 15) is 38.4 Å². The zero-order valence-corrected chi connectivity index (χ0v) is 51.7. The third-order valence-electron chi connectivity index (χ3n) is 14.5. The molecule has 1 unspecified atom stereocenters. The number of hydrogen-bond acceptors (Lipinski definition) is 17. The molecule has 2 aliphatic heterocycles. The third-order valence-corrected chi connectivity index (χ3v) is 14.5. The number of esters is 1. The van der Waals surface area contributed by atoms with Crippen LogP contribution in [0.4, 0.5) is 0 Å². The molecule has 23 nitrogen and oxygen atoms in total. The van der Waals surface area contributed by atoms with Gasteiger partial charge in [0.05, 0.1) is 122 Å². The van der Waals surface area contributed by atoms with Crippen LogP contribution in [-0.2, 0) is 87.4 Å². The molecule has 470 valence electrons. The van der Waals surface area contributed by atoms with Gasteiger partial charge in [0.25, 0.3) is 11.8 Å². The Labute approximate surface area is 492 Å². The smallest absolute Gasteiger partial charge is 0.329 e. The number of ether oxygens (including phenoxy) is 9. The van der Waals surface area contributed by atoms with E-state index < -0.39 is 77.1 Å². The lowest BCUT2D eigenvalue weighted by molar-refractivity contribution is -0.159. The standard InChI is InChI=1S/C60H98N6O17/c1-14-42(4)53(47(75-12)40-51(70)65-25-18-21-46(65)54(76-13)43(5)55(71)61-45(57(73)83-59(6,7)8)39-44-19-16-15-17-20-44)64(11)56(72)52(41(2)3)62-58(74)60(9,10)63-48(67)24-27-77-29-31-79-33-35-81-37-38-82-36-34-80-32-30-78-28-26-66-49(68)22-23-50(66)69/h15-17,19-20,22-23,41-43,45-47,52-54H,14,18,21,24-40H2,1-13H3,(H,61,71)(H,62,74)(H,63,67)/t42-,43+,45-,46-,47?,52-,53-,54+/m0/s1. The summed E-state index contributed by atoms with van der Waals surface area (Å²) < 4.78 is 50.7. The van der Waals surface area contributed by atoms with Gasteiger partial charge in [-0.3, -0.25) is 38.5 Å². The first-order valence-electron chi connectivity index (χ1n) is 29.2. The van der Waals surface area contributed by atoms with Crippen molar-refractivity contribution in [2.75, 3.05) is 114 Å². The summed E-state index contributed by atoms with van der Waals surface area (Å²) in [7, 11) is 4.67. The highest BCUT2D eigenvalue weighted by Gasteiger charge is 2.44. The first kappa shape index (κ1) is 71.9. The number of benzene rings is 1. The van der Waals surface area contributed by atoms with Gasteiger partial charge in [0.2, 0.25) is 29.5 Å². The second-order valence-electron chi connectivity index (χ2n) is 22.8. The van der Waals surface area contributed by atoms with E-state index in [1.807, 2.05) is 58.0 Å². The molecule has 3 N–H and O–H groups in total. The van der Waals surface area contributed by atoms with Gasteiger partial charge in [0.15, 0.2) is 0 Å². The van der Waals surface area contributed by atoms with E-state index in [1.54, 1.807) is 58.4 Å². The number of imide groups is 1. The van der Waals surface area contributed by atoms with Crippen molar-refractivity contribution in [3.05, 3.63) is 48.0 Å². The van der Waals surface area contributed by atoms with Gasteiger partial charge < -0.3 is 68.4 Å². The van der Waals surface area contributed by atoms with E-state index in [1.165, 1.54) is 26.4 Å². The average Bonchev–Trinajstić information content (AvgIpc) is 4.32. The fraction of sp³-hybridized carbons (Fsp3) is 0.733. The number of carbonyl (C=O) groups is 8. The monoisotopic (exact) mass is 1170 g/mol. The maximum absolute atomic E-state index is 14.6. The van der Waals surface area contributed by atoms with Crippen LogP contribution in [0.25, 0.3) is 0 Å². The minimum atomic E-state index is -1.40. The van der Waals surface area contributed by atoms with Gasteiger partial charge in [0.1, 0.15) is 23.2 Å². The molecule has 0 aromatic heterocycles. The summed E-state index contributed by atoms with van der Waals surface area (Å²) in [4.78, 5) is 111. The van der Waals surface area contributed by atoms with E-state index in [0.29, 0.717) is 78.7 Å². The van der Waals surface area contributed by atoms with Crippen molar-refractivity contribution in [2.45, 2.75) is 155 Å². The number of carbonyl (C=O) groups excluding carboxylic acids is 8. The Morgan fingerprint density at radius 1 is 0.723 bits per heavy atom. The van der Waals surface area contributed by atoms with Crippen molar-refractivity contribution in [3.63, 3.8) is 0 Å². The summed E-state index contributed by atoms with van der Waals surface area (Å²) in [5.41, 5.74) is -1.32. The van der Waals surface area contributed by atoms with Crippen molar-refractivity contribution in [2.24, 2.45) is 17.8 Å². The molecular formula is C60H98N6O17. The van der Waals surface area contributed by atoms with E-state index in [4.69, 9.17) is 42.6 Å². The molecule has 0 saturated carbocycles. The van der Waals surface area contributed by atoms with Crippen LogP contribution >= 0.6 is 0 Å². The molecule has 83 heavy (non-hydrogen) atoms. The minimum Gasteiger partial charge on any atom is -0.458 e. The molecule has 0 spiro atoms. The van der Waals surface area contributed by atoms with Crippen molar-refractivity contribution < 1.29 is 81.0 Å². The Morgan fingerprint density at radius 3 is 1.75 bits per heavy atom. The predicted molar refractivity (Wildman–Crippen MR) is 308 cm³/mol. The Kier molecular flexibility index (Phi) is 32.1. The van der Waals surface area contributed by atoms with Crippen molar-refractivity contribution >= 4 is 47.3 Å². The van der Waals surface area contributed by atoms with Crippen LogP contribution in [0.5, 0.6) is 0 Å². The molecule has 2 aliphatic rings. The molecule has 1 fully saturated rings. The highest BCUT2D eigenvalue weighted by atomic mass is 16.6. The molecule has 2 heterocycles. The molecule has 0 bridgehead atoms. The van der Waals surface area contributed by atoms with Crippen molar-refractivity contribution in [3.8, 4) is 0 Å². The number of nitrogens with one attached hydrogen (secondary N) is 3. The van der Waals surface area contributed by atoms with Gasteiger partial charge in [-0.15, -0.1) is 0 Å².